The van der Waals surface area contributed by atoms with Crippen molar-refractivity contribution in [3.05, 3.63) is 29.1 Å². The Morgan fingerprint density at radius 1 is 1.53 bits per heavy atom. The third-order valence-electron chi connectivity index (χ3n) is 2.13. The molecule has 0 bridgehead atoms. The van der Waals surface area contributed by atoms with Crippen molar-refractivity contribution in [1.82, 2.24) is 0 Å². The van der Waals surface area contributed by atoms with Crippen molar-refractivity contribution in [1.29, 1.82) is 0 Å². The molecule has 0 spiro atoms. The normalized spacial score (nSPS) is 12.5. The number of rotatable bonds is 3. The van der Waals surface area contributed by atoms with Crippen LogP contribution in [0.3, 0.4) is 0 Å². The average molecular weight is 230 g/mol. The van der Waals surface area contributed by atoms with Gasteiger partial charge in [-0.3, -0.25) is 4.79 Å². The second-order valence-electron chi connectivity index (χ2n) is 3.06. The summed E-state index contributed by atoms with van der Waals surface area (Å²) in [6, 6.07) is 2.55. The molecule has 15 heavy (non-hydrogen) atoms. The van der Waals surface area contributed by atoms with E-state index >= 15 is 0 Å². The summed E-state index contributed by atoms with van der Waals surface area (Å²) in [5.41, 5.74) is 0.464. The first-order valence-electron chi connectivity index (χ1n) is 4.42. The van der Waals surface area contributed by atoms with Crippen molar-refractivity contribution in [3.8, 4) is 0 Å². The summed E-state index contributed by atoms with van der Waals surface area (Å²) in [6.45, 7) is 3.03. The van der Waals surface area contributed by atoms with Crippen LogP contribution in [0.15, 0.2) is 17.0 Å². The van der Waals surface area contributed by atoms with Gasteiger partial charge in [0.15, 0.2) is 16.9 Å². The molecular formula is C10H11FO3S. The molecule has 1 unspecified atom stereocenters. The van der Waals surface area contributed by atoms with Gasteiger partial charge in [0.1, 0.15) is 10.7 Å². The van der Waals surface area contributed by atoms with E-state index in [0.717, 1.165) is 0 Å². The van der Waals surface area contributed by atoms with E-state index in [9.17, 15) is 13.4 Å². The predicted molar refractivity (Wildman–Crippen MR) is 54.8 cm³/mol. The fourth-order valence-electron chi connectivity index (χ4n) is 1.41. The summed E-state index contributed by atoms with van der Waals surface area (Å²) >= 11 is -2.36. The largest absolute Gasteiger partial charge is 0.302 e. The summed E-state index contributed by atoms with van der Waals surface area (Å²) in [5, 5.41) is 0. The third-order valence-corrected chi connectivity index (χ3v) is 2.82. The van der Waals surface area contributed by atoms with Crippen LogP contribution in [0, 0.1) is 5.82 Å². The van der Waals surface area contributed by atoms with Crippen molar-refractivity contribution in [2.75, 3.05) is 0 Å². The van der Waals surface area contributed by atoms with E-state index in [1.807, 2.05) is 0 Å². The second-order valence-corrected chi connectivity index (χ2v) is 4.00. The number of halogens is 1. The summed E-state index contributed by atoms with van der Waals surface area (Å²) < 4.78 is 33.2. The maximum Gasteiger partial charge on any atom is 0.189 e. The van der Waals surface area contributed by atoms with Crippen LogP contribution >= 0.6 is 0 Å². The monoisotopic (exact) mass is 230 g/mol. The summed E-state index contributed by atoms with van der Waals surface area (Å²) in [5.74, 6) is -1.01. The zero-order valence-corrected chi connectivity index (χ0v) is 9.23. The molecule has 82 valence electrons. The fourth-order valence-corrected chi connectivity index (χ4v) is 1.87. The molecule has 1 aromatic rings. The highest BCUT2D eigenvalue weighted by Gasteiger charge is 2.17. The van der Waals surface area contributed by atoms with Gasteiger partial charge in [0, 0.05) is 5.56 Å². The zero-order chi connectivity index (χ0) is 11.6. The van der Waals surface area contributed by atoms with Crippen LogP contribution < -0.4 is 0 Å². The van der Waals surface area contributed by atoms with E-state index in [1.165, 1.54) is 19.1 Å². The van der Waals surface area contributed by atoms with Gasteiger partial charge in [-0.1, -0.05) is 6.92 Å². The summed E-state index contributed by atoms with van der Waals surface area (Å²) in [6.07, 6.45) is 0.311. The molecule has 0 radical (unpaired) electrons. The van der Waals surface area contributed by atoms with Gasteiger partial charge in [-0.25, -0.2) is 8.60 Å². The number of ketones is 1. The third kappa shape index (κ3) is 2.30. The maximum absolute atomic E-state index is 13.6. The topological polar surface area (TPSA) is 54.4 Å². The van der Waals surface area contributed by atoms with Crippen molar-refractivity contribution in [2.24, 2.45) is 0 Å². The summed E-state index contributed by atoms with van der Waals surface area (Å²) in [4.78, 5) is 10.9. The molecule has 0 aliphatic rings. The lowest BCUT2D eigenvalue weighted by Crippen LogP contribution is -2.05. The van der Waals surface area contributed by atoms with Gasteiger partial charge in [0.2, 0.25) is 0 Å². The van der Waals surface area contributed by atoms with Crippen molar-refractivity contribution in [3.63, 3.8) is 0 Å². The van der Waals surface area contributed by atoms with Crippen LogP contribution in [0.2, 0.25) is 0 Å². The van der Waals surface area contributed by atoms with E-state index in [1.54, 1.807) is 6.92 Å². The smallest absolute Gasteiger partial charge is 0.189 e. The highest BCUT2D eigenvalue weighted by molar-refractivity contribution is 7.79. The number of carbonyl (C=O) groups excluding carboxylic acids is 1. The number of hydrogen-bond donors (Lipinski definition) is 1. The van der Waals surface area contributed by atoms with E-state index < -0.39 is 16.9 Å². The van der Waals surface area contributed by atoms with Crippen molar-refractivity contribution in [2.45, 2.75) is 25.2 Å². The molecule has 0 amide bonds. The van der Waals surface area contributed by atoms with Crippen LogP contribution in [0.5, 0.6) is 0 Å². The Morgan fingerprint density at radius 2 is 2.13 bits per heavy atom. The van der Waals surface area contributed by atoms with Gasteiger partial charge in [0.25, 0.3) is 0 Å². The first-order chi connectivity index (χ1) is 6.99. The van der Waals surface area contributed by atoms with Crippen molar-refractivity contribution < 1.29 is 17.9 Å². The molecule has 0 aliphatic carbocycles. The molecular weight excluding hydrogens is 219 g/mol. The quantitative estimate of drug-likeness (QED) is 0.639. The first-order valence-corrected chi connectivity index (χ1v) is 5.52. The van der Waals surface area contributed by atoms with Crippen LogP contribution in [0.1, 0.15) is 29.8 Å². The minimum absolute atomic E-state index is 0.197. The van der Waals surface area contributed by atoms with E-state index in [-0.39, 0.29) is 21.8 Å². The number of hydrogen-bond acceptors (Lipinski definition) is 2. The van der Waals surface area contributed by atoms with Crippen LogP contribution in [-0.4, -0.2) is 14.5 Å². The predicted octanol–water partition coefficient (Wildman–Crippen LogP) is 2.17. The Labute approximate surface area is 89.6 Å². The molecule has 1 rings (SSSR count). The van der Waals surface area contributed by atoms with Crippen LogP contribution in [0.25, 0.3) is 0 Å². The standard InChI is InChI=1S/C10H11FO3S/c1-3-7-8(6(2)12)4-5-9(10(7)11)15(13)14/h4-5H,3H2,1-2H3,(H,13,14). The molecule has 1 atom stereocenters. The van der Waals surface area contributed by atoms with E-state index in [4.69, 9.17) is 4.55 Å². The van der Waals surface area contributed by atoms with Crippen LogP contribution in [0.4, 0.5) is 4.39 Å². The van der Waals surface area contributed by atoms with Crippen molar-refractivity contribution >= 4 is 16.9 Å². The SMILES string of the molecule is CCc1c(C(C)=O)ccc(S(=O)O)c1F. The lowest BCUT2D eigenvalue weighted by molar-refractivity contribution is 0.101. The van der Waals surface area contributed by atoms with Gasteiger partial charge >= 0.3 is 0 Å². The van der Waals surface area contributed by atoms with Gasteiger partial charge < -0.3 is 4.55 Å². The lowest BCUT2D eigenvalue weighted by Gasteiger charge is -2.08. The Kier molecular flexibility index (Phi) is 3.71. The number of benzene rings is 1. The van der Waals surface area contributed by atoms with Gasteiger partial charge in [0.05, 0.1) is 0 Å². The second kappa shape index (κ2) is 4.63. The zero-order valence-electron chi connectivity index (χ0n) is 8.41. The van der Waals surface area contributed by atoms with Gasteiger partial charge in [-0.05, 0) is 31.0 Å². The minimum atomic E-state index is -2.36. The molecule has 0 heterocycles. The van der Waals surface area contributed by atoms with Gasteiger partial charge in [-0.2, -0.15) is 0 Å². The minimum Gasteiger partial charge on any atom is -0.302 e. The molecule has 1 aromatic carbocycles. The molecule has 0 saturated carbocycles. The molecule has 0 saturated heterocycles. The molecule has 1 N–H and O–H groups in total. The Hall–Kier alpha value is -1.07. The highest BCUT2D eigenvalue weighted by atomic mass is 32.2. The highest BCUT2D eigenvalue weighted by Crippen LogP contribution is 2.21. The molecule has 0 aromatic heterocycles. The first kappa shape index (κ1) is 12.0. The number of Topliss-reactive ketones (excluding diaryl/α,β-unsaturated/α-hetero) is 1. The molecule has 0 fully saturated rings. The van der Waals surface area contributed by atoms with E-state index in [2.05, 4.69) is 0 Å². The Morgan fingerprint density at radius 3 is 2.53 bits per heavy atom. The molecule has 0 aliphatic heterocycles. The lowest BCUT2D eigenvalue weighted by atomic mass is 10.0. The summed E-state index contributed by atoms with van der Waals surface area (Å²) in [7, 11) is 0. The van der Waals surface area contributed by atoms with Gasteiger partial charge in [-0.15, -0.1) is 0 Å². The fraction of sp³-hybridized carbons (Fsp3) is 0.300. The molecule has 5 heteroatoms. The average Bonchev–Trinajstić information content (AvgIpc) is 2.16. The Bertz CT molecular complexity index is 429. The maximum atomic E-state index is 13.6. The van der Waals surface area contributed by atoms with E-state index in [0.29, 0.717) is 6.42 Å². The molecule has 3 nitrogen and oxygen atoms in total. The number of carbonyl (C=O) groups is 1. The Balaban J connectivity index is 3.45. The van der Waals surface area contributed by atoms with Crippen LogP contribution in [-0.2, 0) is 17.5 Å².